The van der Waals surface area contributed by atoms with Gasteiger partial charge >= 0.3 is 11.9 Å². The predicted octanol–water partition coefficient (Wildman–Crippen LogP) is 4.96. The minimum absolute atomic E-state index is 0.149. The van der Waals surface area contributed by atoms with Crippen LogP contribution in [0.4, 0.5) is 0 Å². The number of aliphatic carboxylic acids is 1. The second-order valence-electron chi connectivity index (χ2n) is 6.30. The van der Waals surface area contributed by atoms with E-state index >= 15 is 0 Å². The molecule has 0 radical (unpaired) electrons. The monoisotopic (exact) mass is 334 g/mol. The van der Waals surface area contributed by atoms with Gasteiger partial charge in [-0.25, -0.2) is 0 Å². The van der Waals surface area contributed by atoms with Crippen LogP contribution in [0.5, 0.6) is 0 Å². The summed E-state index contributed by atoms with van der Waals surface area (Å²) in [6, 6.07) is 9.44. The zero-order valence-corrected chi connectivity index (χ0v) is 14.7. The summed E-state index contributed by atoms with van der Waals surface area (Å²) in [6.07, 6.45) is 8.50. The van der Waals surface area contributed by atoms with Crippen molar-refractivity contribution in [3.63, 3.8) is 0 Å². The summed E-state index contributed by atoms with van der Waals surface area (Å²) in [5, 5.41) is 9.01. The predicted molar refractivity (Wildman–Crippen MR) is 94.6 cm³/mol. The summed E-state index contributed by atoms with van der Waals surface area (Å²) in [5.41, 5.74) is 0.913. The zero-order valence-electron chi connectivity index (χ0n) is 14.7. The van der Waals surface area contributed by atoms with Crippen molar-refractivity contribution in [3.05, 3.63) is 35.9 Å². The summed E-state index contributed by atoms with van der Waals surface area (Å²) in [5.74, 6) is -1.88. The summed E-state index contributed by atoms with van der Waals surface area (Å²) >= 11 is 0. The molecule has 0 unspecified atom stereocenters. The van der Waals surface area contributed by atoms with Gasteiger partial charge in [0.1, 0.15) is 6.61 Å². The Kier molecular flexibility index (Phi) is 10.6. The minimum atomic E-state index is -0.945. The molecule has 0 aliphatic heterocycles. The van der Waals surface area contributed by atoms with Gasteiger partial charge in [0, 0.05) is 0 Å². The minimum Gasteiger partial charge on any atom is -0.481 e. The van der Waals surface area contributed by atoms with Crippen LogP contribution in [0.2, 0.25) is 0 Å². The van der Waals surface area contributed by atoms with E-state index in [2.05, 4.69) is 6.92 Å². The van der Waals surface area contributed by atoms with E-state index in [0.29, 0.717) is 6.42 Å². The summed E-state index contributed by atoms with van der Waals surface area (Å²) in [4.78, 5) is 23.2. The lowest BCUT2D eigenvalue weighted by molar-refractivity contribution is -0.154. The molecule has 0 bridgehead atoms. The Bertz CT molecular complexity index is 470. The molecule has 0 fully saturated rings. The van der Waals surface area contributed by atoms with Gasteiger partial charge in [-0.3, -0.25) is 9.59 Å². The van der Waals surface area contributed by atoms with Crippen LogP contribution >= 0.6 is 0 Å². The van der Waals surface area contributed by atoms with Crippen LogP contribution in [-0.4, -0.2) is 17.0 Å². The van der Waals surface area contributed by atoms with Crippen LogP contribution < -0.4 is 0 Å². The fourth-order valence-corrected chi connectivity index (χ4v) is 2.71. The molecule has 24 heavy (non-hydrogen) atoms. The number of carboxylic acids is 1. The third kappa shape index (κ3) is 9.33. The maximum Gasteiger partial charge on any atom is 0.309 e. The van der Waals surface area contributed by atoms with E-state index in [1.165, 1.54) is 25.7 Å². The maximum atomic E-state index is 12.2. The standard InChI is InChI=1S/C20H30O4/c1-2-3-4-5-6-7-11-14-18(15-19(21)22)20(23)24-16-17-12-9-8-10-13-17/h8-10,12-13,18H,2-7,11,14-16H2,1H3,(H,21,22)/t18-/m1/s1. The third-order valence-corrected chi connectivity index (χ3v) is 4.13. The highest BCUT2D eigenvalue weighted by atomic mass is 16.5. The van der Waals surface area contributed by atoms with Crippen LogP contribution in [-0.2, 0) is 20.9 Å². The van der Waals surface area contributed by atoms with Gasteiger partial charge in [-0.15, -0.1) is 0 Å². The first-order chi connectivity index (χ1) is 11.6. The molecule has 1 atom stereocenters. The van der Waals surface area contributed by atoms with Gasteiger partial charge in [-0.2, -0.15) is 0 Å². The number of carbonyl (C=O) groups is 2. The van der Waals surface area contributed by atoms with Crippen molar-refractivity contribution in [2.75, 3.05) is 0 Å². The van der Waals surface area contributed by atoms with Gasteiger partial charge in [-0.05, 0) is 12.0 Å². The molecule has 0 aliphatic rings. The molecule has 4 heteroatoms. The first kappa shape index (κ1) is 20.2. The van der Waals surface area contributed by atoms with E-state index in [1.807, 2.05) is 30.3 Å². The van der Waals surface area contributed by atoms with E-state index in [0.717, 1.165) is 24.8 Å². The van der Waals surface area contributed by atoms with Gasteiger partial charge in [0.25, 0.3) is 0 Å². The highest BCUT2D eigenvalue weighted by Crippen LogP contribution is 2.18. The van der Waals surface area contributed by atoms with E-state index in [9.17, 15) is 9.59 Å². The first-order valence-corrected chi connectivity index (χ1v) is 9.05. The molecule has 0 saturated carbocycles. The first-order valence-electron chi connectivity index (χ1n) is 9.05. The van der Waals surface area contributed by atoms with Crippen LogP contribution in [0.15, 0.2) is 30.3 Å². The van der Waals surface area contributed by atoms with Crippen molar-refractivity contribution in [3.8, 4) is 0 Å². The molecule has 134 valence electrons. The van der Waals surface area contributed by atoms with Gasteiger partial charge in [-0.1, -0.05) is 82.2 Å². The lowest BCUT2D eigenvalue weighted by Crippen LogP contribution is -2.21. The SMILES string of the molecule is CCCCCCCCC[C@H](CC(=O)O)C(=O)OCc1ccccc1. The number of hydrogen-bond acceptors (Lipinski definition) is 3. The number of carboxylic acid groups (broad SMARTS) is 1. The van der Waals surface area contributed by atoms with Crippen molar-refractivity contribution in [2.24, 2.45) is 5.92 Å². The number of benzene rings is 1. The quantitative estimate of drug-likeness (QED) is 0.409. The van der Waals surface area contributed by atoms with Crippen LogP contribution in [0.3, 0.4) is 0 Å². The number of hydrogen-bond donors (Lipinski definition) is 1. The zero-order chi connectivity index (χ0) is 17.6. The highest BCUT2D eigenvalue weighted by molar-refractivity contribution is 5.79. The molecule has 0 heterocycles. The molecule has 0 aliphatic carbocycles. The Morgan fingerprint density at radius 2 is 1.62 bits per heavy atom. The molecule has 0 saturated heterocycles. The molecule has 4 nitrogen and oxygen atoms in total. The van der Waals surface area contributed by atoms with Crippen molar-refractivity contribution >= 4 is 11.9 Å². The molecule has 1 rings (SSSR count). The van der Waals surface area contributed by atoms with Crippen molar-refractivity contribution < 1.29 is 19.4 Å². The van der Waals surface area contributed by atoms with Crippen LogP contribution in [0, 0.1) is 5.92 Å². The molecule has 0 spiro atoms. The Balaban J connectivity index is 2.32. The topological polar surface area (TPSA) is 63.6 Å². The second kappa shape index (κ2) is 12.6. The van der Waals surface area contributed by atoms with Gasteiger partial charge in [0.05, 0.1) is 12.3 Å². The molecule has 1 aromatic rings. The molecular weight excluding hydrogens is 304 g/mol. The average molecular weight is 334 g/mol. The summed E-state index contributed by atoms with van der Waals surface area (Å²) in [6.45, 7) is 2.39. The van der Waals surface area contributed by atoms with Gasteiger partial charge in [0.2, 0.25) is 0 Å². The summed E-state index contributed by atoms with van der Waals surface area (Å²) in [7, 11) is 0. The fraction of sp³-hybridized carbons (Fsp3) is 0.600. The molecular formula is C20H30O4. The summed E-state index contributed by atoms with van der Waals surface area (Å²) < 4.78 is 5.30. The largest absolute Gasteiger partial charge is 0.481 e. The smallest absolute Gasteiger partial charge is 0.309 e. The highest BCUT2D eigenvalue weighted by Gasteiger charge is 2.22. The van der Waals surface area contributed by atoms with E-state index in [-0.39, 0.29) is 13.0 Å². The molecule has 1 N–H and O–H groups in total. The normalized spacial score (nSPS) is 11.9. The van der Waals surface area contributed by atoms with Gasteiger partial charge in [0.15, 0.2) is 0 Å². The van der Waals surface area contributed by atoms with Gasteiger partial charge < -0.3 is 9.84 Å². The molecule has 1 aromatic carbocycles. The lowest BCUT2D eigenvalue weighted by Gasteiger charge is -2.14. The Hall–Kier alpha value is -1.84. The second-order valence-corrected chi connectivity index (χ2v) is 6.30. The van der Waals surface area contributed by atoms with Crippen LogP contribution in [0.25, 0.3) is 0 Å². The average Bonchev–Trinajstić information content (AvgIpc) is 2.58. The Morgan fingerprint density at radius 1 is 1.00 bits per heavy atom. The van der Waals surface area contributed by atoms with Crippen LogP contribution in [0.1, 0.15) is 70.3 Å². The maximum absolute atomic E-state index is 12.2. The van der Waals surface area contributed by atoms with E-state index in [4.69, 9.17) is 9.84 Å². The van der Waals surface area contributed by atoms with E-state index < -0.39 is 17.9 Å². The molecule has 0 aromatic heterocycles. The third-order valence-electron chi connectivity index (χ3n) is 4.13. The van der Waals surface area contributed by atoms with Crippen molar-refractivity contribution in [1.29, 1.82) is 0 Å². The number of esters is 1. The van der Waals surface area contributed by atoms with Crippen molar-refractivity contribution in [2.45, 2.75) is 71.3 Å². The number of carbonyl (C=O) groups excluding carboxylic acids is 1. The number of ether oxygens (including phenoxy) is 1. The Labute approximate surface area is 145 Å². The number of rotatable bonds is 13. The Morgan fingerprint density at radius 3 is 2.25 bits per heavy atom. The fourth-order valence-electron chi connectivity index (χ4n) is 2.71. The van der Waals surface area contributed by atoms with Crippen molar-refractivity contribution in [1.82, 2.24) is 0 Å². The van der Waals surface area contributed by atoms with E-state index in [1.54, 1.807) is 0 Å². The molecule has 0 amide bonds. The lowest BCUT2D eigenvalue weighted by atomic mass is 9.97. The number of unbranched alkanes of at least 4 members (excludes halogenated alkanes) is 6.